The van der Waals surface area contributed by atoms with Crippen molar-refractivity contribution in [3.05, 3.63) is 24.0 Å². The molecule has 0 aromatic carbocycles. The highest BCUT2D eigenvalue weighted by Crippen LogP contribution is 2.06. The number of hydrogen-bond donors (Lipinski definition) is 3. The molecule has 0 saturated carbocycles. The van der Waals surface area contributed by atoms with Crippen molar-refractivity contribution in [3.63, 3.8) is 0 Å². The van der Waals surface area contributed by atoms with E-state index in [9.17, 15) is 13.2 Å². The van der Waals surface area contributed by atoms with Gasteiger partial charge in [0.25, 0.3) is 0 Å². The van der Waals surface area contributed by atoms with Crippen LogP contribution in [0.25, 0.3) is 0 Å². The number of carboxylic acids is 1. The molecule has 0 bridgehead atoms. The molecule has 1 aromatic rings. The Hall–Kier alpha value is -1.67. The molecule has 0 spiro atoms. The van der Waals surface area contributed by atoms with Crippen LogP contribution in [0.5, 0.6) is 0 Å². The number of nitrogens with one attached hydrogen (secondary N) is 1. The van der Waals surface area contributed by atoms with E-state index in [0.29, 0.717) is 18.7 Å². The lowest BCUT2D eigenvalue weighted by atomic mass is 10.3. The first-order valence-electron chi connectivity index (χ1n) is 4.82. The summed E-state index contributed by atoms with van der Waals surface area (Å²) >= 11 is 0. The molecular formula is C9H13N3O4S. The van der Waals surface area contributed by atoms with Gasteiger partial charge in [0.2, 0.25) is 10.0 Å². The maximum Gasteiger partial charge on any atom is 0.354 e. The summed E-state index contributed by atoms with van der Waals surface area (Å²) in [6.45, 7) is 0.421. The van der Waals surface area contributed by atoms with Gasteiger partial charge in [-0.15, -0.1) is 0 Å². The maximum absolute atomic E-state index is 10.6. The molecule has 4 N–H and O–H groups in total. The highest BCUT2D eigenvalue weighted by atomic mass is 32.2. The van der Waals surface area contributed by atoms with E-state index < -0.39 is 16.0 Å². The Bertz CT molecular complexity index is 483. The van der Waals surface area contributed by atoms with E-state index in [2.05, 4.69) is 10.3 Å². The minimum Gasteiger partial charge on any atom is -0.477 e. The number of hydrogen-bond acceptors (Lipinski definition) is 5. The van der Waals surface area contributed by atoms with Crippen LogP contribution >= 0.6 is 0 Å². The zero-order valence-electron chi connectivity index (χ0n) is 8.96. The number of carboxylic acid groups (broad SMARTS) is 1. The summed E-state index contributed by atoms with van der Waals surface area (Å²) in [5, 5.41) is 16.4. The molecule has 1 rings (SSSR count). The standard InChI is InChI=1S/C9H13N3O4S/c10-17(15,16)5-1-4-11-7-2-3-8(9(13)14)12-6-7/h2-3,6,11H,1,4-5H2,(H,13,14)(H2,10,15,16). The van der Waals surface area contributed by atoms with E-state index >= 15 is 0 Å². The fraction of sp³-hybridized carbons (Fsp3) is 0.333. The van der Waals surface area contributed by atoms with Gasteiger partial charge in [-0.25, -0.2) is 23.3 Å². The smallest absolute Gasteiger partial charge is 0.354 e. The number of nitrogens with zero attached hydrogens (tertiary/aromatic N) is 1. The second-order valence-corrected chi connectivity index (χ2v) is 5.12. The lowest BCUT2D eigenvalue weighted by Crippen LogP contribution is -2.18. The lowest BCUT2D eigenvalue weighted by Gasteiger charge is -2.05. The highest BCUT2D eigenvalue weighted by Gasteiger charge is 2.04. The van der Waals surface area contributed by atoms with Crippen molar-refractivity contribution in [3.8, 4) is 0 Å². The number of nitrogens with two attached hydrogens (primary N) is 1. The number of rotatable bonds is 6. The third-order valence-electron chi connectivity index (χ3n) is 1.92. The quantitative estimate of drug-likeness (QED) is 0.612. The SMILES string of the molecule is NS(=O)(=O)CCCNc1ccc(C(=O)O)nc1. The van der Waals surface area contributed by atoms with Crippen molar-refractivity contribution in [2.45, 2.75) is 6.42 Å². The zero-order chi connectivity index (χ0) is 12.9. The fourth-order valence-electron chi connectivity index (χ4n) is 1.13. The second kappa shape index (κ2) is 5.60. The molecule has 7 nitrogen and oxygen atoms in total. The first-order valence-corrected chi connectivity index (χ1v) is 6.54. The van der Waals surface area contributed by atoms with E-state index in [1.54, 1.807) is 6.07 Å². The van der Waals surface area contributed by atoms with Gasteiger partial charge in [-0.2, -0.15) is 0 Å². The van der Waals surface area contributed by atoms with Crippen LogP contribution in [-0.2, 0) is 10.0 Å². The Kier molecular flexibility index (Phi) is 4.41. The number of sulfonamides is 1. The van der Waals surface area contributed by atoms with Crippen molar-refractivity contribution in [1.29, 1.82) is 0 Å². The normalized spacial score (nSPS) is 11.1. The van der Waals surface area contributed by atoms with E-state index in [-0.39, 0.29) is 11.4 Å². The zero-order valence-corrected chi connectivity index (χ0v) is 9.77. The predicted molar refractivity (Wildman–Crippen MR) is 62.3 cm³/mol. The first kappa shape index (κ1) is 13.4. The molecule has 0 aliphatic carbocycles. The summed E-state index contributed by atoms with van der Waals surface area (Å²) in [5.74, 6) is -1.19. The number of aromatic carboxylic acids is 1. The predicted octanol–water partition coefficient (Wildman–Crippen LogP) is -0.130. The van der Waals surface area contributed by atoms with Crippen molar-refractivity contribution in [2.75, 3.05) is 17.6 Å². The van der Waals surface area contributed by atoms with Crippen molar-refractivity contribution in [1.82, 2.24) is 4.98 Å². The van der Waals surface area contributed by atoms with Gasteiger partial charge in [-0.1, -0.05) is 0 Å². The molecule has 17 heavy (non-hydrogen) atoms. The minimum absolute atomic E-state index is 0.0416. The van der Waals surface area contributed by atoms with Crippen molar-refractivity contribution < 1.29 is 18.3 Å². The summed E-state index contributed by atoms with van der Waals surface area (Å²) in [6, 6.07) is 2.93. The molecule has 0 aliphatic heterocycles. The lowest BCUT2D eigenvalue weighted by molar-refractivity contribution is 0.0690. The van der Waals surface area contributed by atoms with Crippen LogP contribution in [-0.4, -0.2) is 36.8 Å². The molecule has 8 heteroatoms. The Morgan fingerprint density at radius 2 is 2.18 bits per heavy atom. The average molecular weight is 259 g/mol. The summed E-state index contributed by atoms with van der Waals surface area (Å²) in [4.78, 5) is 14.2. The fourth-order valence-corrected chi connectivity index (χ4v) is 1.68. The molecule has 0 aliphatic rings. The number of anilines is 1. The average Bonchev–Trinajstić information content (AvgIpc) is 2.24. The van der Waals surface area contributed by atoms with Gasteiger partial charge < -0.3 is 10.4 Å². The van der Waals surface area contributed by atoms with Crippen LogP contribution in [0.4, 0.5) is 5.69 Å². The van der Waals surface area contributed by atoms with Crippen molar-refractivity contribution >= 4 is 21.7 Å². The Morgan fingerprint density at radius 3 is 2.65 bits per heavy atom. The summed E-state index contributed by atoms with van der Waals surface area (Å²) < 4.78 is 21.3. The molecule has 0 radical (unpaired) electrons. The van der Waals surface area contributed by atoms with Crippen LogP contribution < -0.4 is 10.5 Å². The van der Waals surface area contributed by atoms with Gasteiger partial charge in [0, 0.05) is 6.54 Å². The molecule has 0 saturated heterocycles. The molecule has 1 aromatic heterocycles. The van der Waals surface area contributed by atoms with E-state index in [0.717, 1.165) is 0 Å². The monoisotopic (exact) mass is 259 g/mol. The molecule has 0 atom stereocenters. The van der Waals surface area contributed by atoms with Crippen LogP contribution in [0, 0.1) is 0 Å². The largest absolute Gasteiger partial charge is 0.477 e. The maximum atomic E-state index is 10.6. The topological polar surface area (TPSA) is 122 Å². The van der Waals surface area contributed by atoms with Crippen LogP contribution in [0.1, 0.15) is 16.9 Å². The molecule has 1 heterocycles. The van der Waals surface area contributed by atoms with E-state index in [4.69, 9.17) is 10.2 Å². The summed E-state index contributed by atoms with van der Waals surface area (Å²) in [6.07, 6.45) is 1.75. The third kappa shape index (κ3) is 5.27. The Balaban J connectivity index is 2.40. The van der Waals surface area contributed by atoms with Crippen LogP contribution in [0.15, 0.2) is 18.3 Å². The van der Waals surface area contributed by atoms with Gasteiger partial charge in [-0.05, 0) is 18.6 Å². The van der Waals surface area contributed by atoms with Gasteiger partial charge in [-0.3, -0.25) is 0 Å². The number of aromatic nitrogens is 1. The first-order chi connectivity index (χ1) is 7.88. The molecular weight excluding hydrogens is 246 g/mol. The second-order valence-electron chi connectivity index (χ2n) is 3.38. The third-order valence-corrected chi connectivity index (χ3v) is 2.78. The number of pyridine rings is 1. The van der Waals surface area contributed by atoms with Crippen molar-refractivity contribution in [2.24, 2.45) is 5.14 Å². The summed E-state index contributed by atoms with van der Waals surface area (Å²) in [7, 11) is -3.43. The van der Waals surface area contributed by atoms with Crippen LogP contribution in [0.3, 0.4) is 0 Å². The van der Waals surface area contributed by atoms with E-state index in [1.807, 2.05) is 0 Å². The number of primary sulfonamides is 1. The molecule has 0 unspecified atom stereocenters. The van der Waals surface area contributed by atoms with Crippen LogP contribution in [0.2, 0.25) is 0 Å². The van der Waals surface area contributed by atoms with E-state index in [1.165, 1.54) is 12.3 Å². The van der Waals surface area contributed by atoms with Gasteiger partial charge in [0.05, 0.1) is 17.6 Å². The summed E-state index contributed by atoms with van der Waals surface area (Å²) in [5.41, 5.74) is 0.588. The molecule has 0 amide bonds. The molecule has 94 valence electrons. The highest BCUT2D eigenvalue weighted by molar-refractivity contribution is 7.89. The molecule has 0 fully saturated rings. The van der Waals surface area contributed by atoms with Gasteiger partial charge in [0.15, 0.2) is 0 Å². The van der Waals surface area contributed by atoms with Gasteiger partial charge in [0.1, 0.15) is 5.69 Å². The van der Waals surface area contributed by atoms with Gasteiger partial charge >= 0.3 is 5.97 Å². The Labute approximate surface area is 98.7 Å². The Morgan fingerprint density at radius 1 is 1.47 bits per heavy atom. The minimum atomic E-state index is -3.43. The number of carbonyl (C=O) groups is 1.